The van der Waals surface area contributed by atoms with Crippen molar-refractivity contribution in [1.82, 2.24) is 0 Å². The molecule has 132 valence electrons. The van der Waals surface area contributed by atoms with Gasteiger partial charge in [-0.3, -0.25) is 4.79 Å². The van der Waals surface area contributed by atoms with E-state index in [0.29, 0.717) is 5.75 Å². The number of carbonyl (C=O) groups is 1. The zero-order valence-electron chi connectivity index (χ0n) is 15.4. The predicted octanol–water partition coefficient (Wildman–Crippen LogP) is 4.64. The van der Waals surface area contributed by atoms with E-state index in [-0.39, 0.29) is 5.97 Å². The van der Waals surface area contributed by atoms with Crippen LogP contribution in [0.5, 0.6) is 0 Å². The first-order valence-electron chi connectivity index (χ1n) is 8.22. The molecule has 0 bridgehead atoms. The summed E-state index contributed by atoms with van der Waals surface area (Å²) in [4.78, 5) is 11.2. The van der Waals surface area contributed by atoms with Gasteiger partial charge in [0.2, 0.25) is 0 Å². The SMILES string of the molecule is COC(=O)C(N)CSCC=C(C)CCC=C(C)CCC=C(C)C. The fourth-order valence-corrected chi connectivity index (χ4v) is 2.88. The number of hydrogen-bond donors (Lipinski definition) is 1. The Bertz CT molecular complexity index is 435. The lowest BCUT2D eigenvalue weighted by atomic mass is 10.1. The van der Waals surface area contributed by atoms with E-state index in [0.717, 1.165) is 31.4 Å². The van der Waals surface area contributed by atoms with Crippen LogP contribution in [0.2, 0.25) is 0 Å². The molecule has 0 saturated heterocycles. The number of rotatable bonds is 11. The lowest BCUT2D eigenvalue weighted by Gasteiger charge is -2.07. The predicted molar refractivity (Wildman–Crippen MR) is 103 cm³/mol. The number of allylic oxidation sites excluding steroid dienone is 5. The fraction of sp³-hybridized carbons (Fsp3) is 0.632. The molecule has 0 rings (SSSR count). The Hall–Kier alpha value is -1.00. The largest absolute Gasteiger partial charge is 0.468 e. The minimum Gasteiger partial charge on any atom is -0.468 e. The Morgan fingerprint density at radius 2 is 1.61 bits per heavy atom. The van der Waals surface area contributed by atoms with Crippen LogP contribution < -0.4 is 5.73 Å². The summed E-state index contributed by atoms with van der Waals surface area (Å²) in [5, 5.41) is 0. The van der Waals surface area contributed by atoms with Gasteiger partial charge in [-0.25, -0.2) is 0 Å². The summed E-state index contributed by atoms with van der Waals surface area (Å²) < 4.78 is 4.60. The third kappa shape index (κ3) is 13.2. The summed E-state index contributed by atoms with van der Waals surface area (Å²) in [6.07, 6.45) is 11.3. The van der Waals surface area contributed by atoms with Gasteiger partial charge in [0.05, 0.1) is 7.11 Å². The average Bonchev–Trinajstić information content (AvgIpc) is 2.50. The average molecular weight is 340 g/mol. The molecule has 0 aromatic carbocycles. The first kappa shape index (κ1) is 22.0. The normalized spacial score (nSPS) is 13.7. The molecular weight excluding hydrogens is 306 g/mol. The van der Waals surface area contributed by atoms with E-state index >= 15 is 0 Å². The lowest BCUT2D eigenvalue weighted by Crippen LogP contribution is -2.33. The zero-order chi connectivity index (χ0) is 17.7. The molecule has 23 heavy (non-hydrogen) atoms. The van der Waals surface area contributed by atoms with Crippen LogP contribution in [-0.4, -0.2) is 30.6 Å². The lowest BCUT2D eigenvalue weighted by molar-refractivity contribution is -0.141. The highest BCUT2D eigenvalue weighted by Gasteiger charge is 2.12. The number of methoxy groups -OCH3 is 1. The van der Waals surface area contributed by atoms with Gasteiger partial charge in [0.25, 0.3) is 0 Å². The van der Waals surface area contributed by atoms with Crippen molar-refractivity contribution in [2.45, 2.75) is 59.4 Å². The standard InChI is InChI=1S/C19H33NO2S/c1-15(2)8-6-9-16(3)10-7-11-17(4)12-13-23-14-18(20)19(21)22-5/h8,10,12,18H,6-7,9,11,13-14,20H2,1-5H3. The molecule has 0 radical (unpaired) electrons. The fourth-order valence-electron chi connectivity index (χ4n) is 1.95. The summed E-state index contributed by atoms with van der Waals surface area (Å²) in [7, 11) is 1.37. The smallest absolute Gasteiger partial charge is 0.323 e. The molecule has 2 N–H and O–H groups in total. The van der Waals surface area contributed by atoms with Crippen molar-refractivity contribution < 1.29 is 9.53 Å². The number of ether oxygens (including phenoxy) is 1. The van der Waals surface area contributed by atoms with Crippen molar-refractivity contribution in [2.24, 2.45) is 5.73 Å². The molecule has 0 spiro atoms. The molecule has 1 atom stereocenters. The van der Waals surface area contributed by atoms with Crippen molar-refractivity contribution in [2.75, 3.05) is 18.6 Å². The van der Waals surface area contributed by atoms with E-state index < -0.39 is 6.04 Å². The van der Waals surface area contributed by atoms with Crippen LogP contribution in [0.3, 0.4) is 0 Å². The highest BCUT2D eigenvalue weighted by molar-refractivity contribution is 7.99. The summed E-state index contributed by atoms with van der Waals surface area (Å²) in [6, 6.07) is -0.523. The van der Waals surface area contributed by atoms with E-state index in [1.807, 2.05) is 0 Å². The second-order valence-corrected chi connectivity index (χ2v) is 7.20. The maximum absolute atomic E-state index is 11.2. The molecule has 0 aliphatic heterocycles. The molecule has 0 aromatic rings. The Morgan fingerprint density at radius 1 is 1.04 bits per heavy atom. The highest BCUT2D eigenvalue weighted by atomic mass is 32.2. The highest BCUT2D eigenvalue weighted by Crippen LogP contribution is 2.12. The van der Waals surface area contributed by atoms with E-state index in [9.17, 15) is 4.79 Å². The zero-order valence-corrected chi connectivity index (χ0v) is 16.2. The van der Waals surface area contributed by atoms with Gasteiger partial charge in [-0.05, 0) is 53.4 Å². The number of hydrogen-bond acceptors (Lipinski definition) is 4. The minimum absolute atomic E-state index is 0.341. The van der Waals surface area contributed by atoms with Crippen LogP contribution in [0, 0.1) is 0 Å². The third-order valence-electron chi connectivity index (χ3n) is 3.47. The van der Waals surface area contributed by atoms with Gasteiger partial charge in [-0.2, -0.15) is 11.8 Å². The first-order chi connectivity index (χ1) is 10.9. The number of thioether (sulfide) groups is 1. The van der Waals surface area contributed by atoms with Gasteiger partial charge in [-0.15, -0.1) is 0 Å². The summed E-state index contributed by atoms with van der Waals surface area (Å²) >= 11 is 1.66. The number of esters is 1. The molecule has 0 heterocycles. The Balaban J connectivity index is 3.90. The second kappa shape index (κ2) is 13.4. The van der Waals surface area contributed by atoms with Crippen LogP contribution in [0.15, 0.2) is 34.9 Å². The maximum atomic E-state index is 11.2. The Labute approximate surface area is 146 Å². The quantitative estimate of drug-likeness (QED) is 0.338. The third-order valence-corrected chi connectivity index (χ3v) is 4.47. The minimum atomic E-state index is -0.523. The van der Waals surface area contributed by atoms with Crippen molar-refractivity contribution in [3.8, 4) is 0 Å². The first-order valence-corrected chi connectivity index (χ1v) is 9.38. The van der Waals surface area contributed by atoms with Crippen molar-refractivity contribution in [1.29, 1.82) is 0 Å². The van der Waals surface area contributed by atoms with Crippen LogP contribution in [-0.2, 0) is 9.53 Å². The Kier molecular flexibility index (Phi) is 12.9. The molecule has 3 nitrogen and oxygen atoms in total. The molecule has 0 aliphatic rings. The summed E-state index contributed by atoms with van der Waals surface area (Å²) in [5.74, 6) is 1.14. The Morgan fingerprint density at radius 3 is 2.17 bits per heavy atom. The van der Waals surface area contributed by atoms with Crippen LogP contribution >= 0.6 is 11.8 Å². The monoisotopic (exact) mass is 339 g/mol. The van der Waals surface area contributed by atoms with E-state index in [1.54, 1.807) is 11.8 Å². The molecule has 1 unspecified atom stereocenters. The summed E-state index contributed by atoms with van der Waals surface area (Å²) in [6.45, 7) is 8.65. The van der Waals surface area contributed by atoms with E-state index in [4.69, 9.17) is 5.73 Å². The van der Waals surface area contributed by atoms with Crippen LogP contribution in [0.25, 0.3) is 0 Å². The van der Waals surface area contributed by atoms with Gasteiger partial charge < -0.3 is 10.5 Å². The molecule has 0 aromatic heterocycles. The van der Waals surface area contributed by atoms with E-state index in [2.05, 4.69) is 50.7 Å². The molecule has 0 saturated carbocycles. The molecule has 4 heteroatoms. The van der Waals surface area contributed by atoms with Gasteiger partial charge in [0.1, 0.15) is 6.04 Å². The maximum Gasteiger partial charge on any atom is 0.323 e. The summed E-state index contributed by atoms with van der Waals surface area (Å²) in [5.41, 5.74) is 9.93. The van der Waals surface area contributed by atoms with Crippen LogP contribution in [0.1, 0.15) is 53.4 Å². The van der Waals surface area contributed by atoms with Gasteiger partial charge in [0.15, 0.2) is 0 Å². The van der Waals surface area contributed by atoms with Gasteiger partial charge in [-0.1, -0.05) is 34.9 Å². The van der Waals surface area contributed by atoms with Gasteiger partial charge >= 0.3 is 5.97 Å². The molecule has 0 amide bonds. The van der Waals surface area contributed by atoms with Crippen molar-refractivity contribution >= 4 is 17.7 Å². The van der Waals surface area contributed by atoms with Gasteiger partial charge in [0, 0.05) is 11.5 Å². The number of nitrogens with two attached hydrogens (primary N) is 1. The molecule has 0 fully saturated rings. The molecular formula is C19H33NO2S. The van der Waals surface area contributed by atoms with E-state index in [1.165, 1.54) is 23.8 Å². The topological polar surface area (TPSA) is 52.3 Å². The molecule has 0 aliphatic carbocycles. The van der Waals surface area contributed by atoms with Crippen LogP contribution in [0.4, 0.5) is 0 Å². The van der Waals surface area contributed by atoms with Crippen molar-refractivity contribution in [3.63, 3.8) is 0 Å². The van der Waals surface area contributed by atoms with Crippen molar-refractivity contribution in [3.05, 3.63) is 34.9 Å². The number of carbonyl (C=O) groups excluding carboxylic acids is 1. The second-order valence-electron chi connectivity index (χ2n) is 6.13.